The summed E-state index contributed by atoms with van der Waals surface area (Å²) in [5.74, 6) is -0.652. The Kier molecular flexibility index (Phi) is 5.32. The second kappa shape index (κ2) is 6.75. The summed E-state index contributed by atoms with van der Waals surface area (Å²) in [5.41, 5.74) is 12.6. The average Bonchev–Trinajstić information content (AvgIpc) is 2.38. The van der Waals surface area contributed by atoms with E-state index in [4.69, 9.17) is 11.5 Å². The van der Waals surface area contributed by atoms with E-state index in [9.17, 15) is 9.59 Å². The molecule has 104 valence electrons. The molecule has 0 aliphatic carbocycles. The number of primary amides is 1. The third kappa shape index (κ3) is 4.26. The highest BCUT2D eigenvalue weighted by atomic mass is 16.2. The van der Waals surface area contributed by atoms with Crippen LogP contribution in [0.3, 0.4) is 0 Å². The van der Waals surface area contributed by atoms with Gasteiger partial charge in [-0.2, -0.15) is 0 Å². The van der Waals surface area contributed by atoms with Gasteiger partial charge in [-0.05, 0) is 18.6 Å². The highest BCUT2D eigenvalue weighted by molar-refractivity contribution is 5.82. The number of rotatable bonds is 6. The van der Waals surface area contributed by atoms with Crippen molar-refractivity contribution in [3.05, 3.63) is 29.8 Å². The number of benzene rings is 1. The van der Waals surface area contributed by atoms with Crippen LogP contribution in [0.2, 0.25) is 0 Å². The van der Waals surface area contributed by atoms with Crippen molar-refractivity contribution in [1.82, 2.24) is 10.2 Å². The second-order valence-corrected chi connectivity index (χ2v) is 4.36. The van der Waals surface area contributed by atoms with Crippen molar-refractivity contribution in [3.8, 4) is 0 Å². The highest BCUT2D eigenvalue weighted by Gasteiger charge is 2.22. The first kappa shape index (κ1) is 15.0. The van der Waals surface area contributed by atoms with E-state index >= 15 is 0 Å². The molecule has 19 heavy (non-hydrogen) atoms. The van der Waals surface area contributed by atoms with E-state index in [2.05, 4.69) is 5.32 Å². The van der Waals surface area contributed by atoms with E-state index in [0.29, 0.717) is 12.2 Å². The Morgan fingerprint density at radius 2 is 2.00 bits per heavy atom. The molecule has 1 aromatic rings. The molecule has 0 saturated carbocycles. The summed E-state index contributed by atoms with van der Waals surface area (Å²) in [4.78, 5) is 24.5. The third-order valence-corrected chi connectivity index (χ3v) is 2.96. The van der Waals surface area contributed by atoms with E-state index in [-0.39, 0.29) is 12.5 Å². The normalized spacial score (nSPS) is 12.2. The highest BCUT2D eigenvalue weighted by Crippen LogP contribution is 2.15. The van der Waals surface area contributed by atoms with Crippen molar-refractivity contribution in [2.45, 2.75) is 19.5 Å². The van der Waals surface area contributed by atoms with E-state index in [1.54, 1.807) is 24.9 Å². The number of para-hydroxylation sites is 1. The predicted octanol–water partition coefficient (Wildman–Crippen LogP) is -0.309. The summed E-state index contributed by atoms with van der Waals surface area (Å²) in [7, 11) is 1.55. The van der Waals surface area contributed by atoms with Crippen LogP contribution in [-0.2, 0) is 16.1 Å². The number of nitrogen functional groups attached to an aromatic ring is 1. The molecule has 0 spiro atoms. The lowest BCUT2D eigenvalue weighted by molar-refractivity contribution is -0.127. The van der Waals surface area contributed by atoms with Gasteiger partial charge in [-0.25, -0.2) is 0 Å². The summed E-state index contributed by atoms with van der Waals surface area (Å²) in [5, 5.41) is 2.55. The molecular formula is C13H20N4O2. The van der Waals surface area contributed by atoms with Gasteiger partial charge in [0, 0.05) is 19.3 Å². The molecule has 0 heterocycles. The number of nitrogens with zero attached hydrogens (tertiary/aromatic N) is 1. The van der Waals surface area contributed by atoms with Gasteiger partial charge in [0.2, 0.25) is 11.8 Å². The van der Waals surface area contributed by atoms with Crippen molar-refractivity contribution in [2.75, 3.05) is 19.3 Å². The fourth-order valence-electron chi connectivity index (χ4n) is 1.80. The van der Waals surface area contributed by atoms with Crippen molar-refractivity contribution in [2.24, 2.45) is 5.73 Å². The maximum absolute atomic E-state index is 11.7. The van der Waals surface area contributed by atoms with Gasteiger partial charge in [0.15, 0.2) is 0 Å². The fraction of sp³-hybridized carbons (Fsp3) is 0.385. The number of carbonyl (C=O) groups is 2. The van der Waals surface area contributed by atoms with Gasteiger partial charge in [0.25, 0.3) is 0 Å². The lowest BCUT2D eigenvalue weighted by atomic mass is 10.1. The first-order valence-corrected chi connectivity index (χ1v) is 6.03. The van der Waals surface area contributed by atoms with Gasteiger partial charge < -0.3 is 16.8 Å². The van der Waals surface area contributed by atoms with Crippen LogP contribution in [0, 0.1) is 0 Å². The maximum Gasteiger partial charge on any atom is 0.236 e. The van der Waals surface area contributed by atoms with Crippen LogP contribution in [0.5, 0.6) is 0 Å². The second-order valence-electron chi connectivity index (χ2n) is 4.36. The standard InChI is InChI=1S/C13H20N4O2/c1-9(13(19)16-2)17(8-12(15)18)7-10-5-3-4-6-11(10)14/h3-6,9H,7-8,14H2,1-2H3,(H2,15,18)(H,16,19). The SMILES string of the molecule is CNC(=O)C(C)N(CC(N)=O)Cc1ccccc1N. The van der Waals surface area contributed by atoms with Gasteiger partial charge in [-0.3, -0.25) is 14.5 Å². The van der Waals surface area contributed by atoms with Gasteiger partial charge in [0.1, 0.15) is 0 Å². The molecule has 6 heteroatoms. The summed E-state index contributed by atoms with van der Waals surface area (Å²) >= 11 is 0. The molecule has 0 bridgehead atoms. The number of hydrogen-bond acceptors (Lipinski definition) is 4. The molecular weight excluding hydrogens is 244 g/mol. The number of hydrogen-bond donors (Lipinski definition) is 3. The number of nitrogens with one attached hydrogen (secondary N) is 1. The zero-order chi connectivity index (χ0) is 14.4. The third-order valence-electron chi connectivity index (χ3n) is 2.96. The summed E-state index contributed by atoms with van der Waals surface area (Å²) < 4.78 is 0. The monoisotopic (exact) mass is 264 g/mol. The zero-order valence-electron chi connectivity index (χ0n) is 11.2. The van der Waals surface area contributed by atoms with Crippen molar-refractivity contribution in [1.29, 1.82) is 0 Å². The summed E-state index contributed by atoms with van der Waals surface area (Å²) in [6, 6.07) is 6.87. The largest absolute Gasteiger partial charge is 0.398 e. The lowest BCUT2D eigenvalue weighted by Gasteiger charge is -2.27. The van der Waals surface area contributed by atoms with Crippen LogP contribution in [0.15, 0.2) is 24.3 Å². The molecule has 0 aliphatic heterocycles. The van der Waals surface area contributed by atoms with Gasteiger partial charge in [-0.1, -0.05) is 18.2 Å². The molecule has 0 saturated heterocycles. The van der Waals surface area contributed by atoms with Crippen molar-refractivity contribution >= 4 is 17.5 Å². The number of amides is 2. The van der Waals surface area contributed by atoms with Crippen LogP contribution < -0.4 is 16.8 Å². The molecule has 0 radical (unpaired) electrons. The minimum absolute atomic E-state index is 0.00290. The zero-order valence-corrected chi connectivity index (χ0v) is 11.2. The molecule has 0 aliphatic rings. The average molecular weight is 264 g/mol. The minimum Gasteiger partial charge on any atom is -0.398 e. The molecule has 5 N–H and O–H groups in total. The van der Waals surface area contributed by atoms with Crippen molar-refractivity contribution in [3.63, 3.8) is 0 Å². The Hall–Kier alpha value is -2.08. The van der Waals surface area contributed by atoms with E-state index in [1.165, 1.54) is 0 Å². The quantitative estimate of drug-likeness (QED) is 0.613. The van der Waals surface area contributed by atoms with Crippen LogP contribution in [0.1, 0.15) is 12.5 Å². The van der Waals surface area contributed by atoms with Crippen molar-refractivity contribution < 1.29 is 9.59 Å². The van der Waals surface area contributed by atoms with Crippen LogP contribution >= 0.6 is 0 Å². The molecule has 1 unspecified atom stereocenters. The molecule has 0 fully saturated rings. The Balaban J connectivity index is 2.89. The molecule has 2 amide bonds. The maximum atomic E-state index is 11.7. The summed E-state index contributed by atoms with van der Waals surface area (Å²) in [6.07, 6.45) is 0. The lowest BCUT2D eigenvalue weighted by Crippen LogP contribution is -2.47. The Bertz CT molecular complexity index is 462. The smallest absolute Gasteiger partial charge is 0.236 e. The number of likely N-dealkylation sites (N-methyl/N-ethyl adjacent to an activating group) is 1. The fourth-order valence-corrected chi connectivity index (χ4v) is 1.80. The molecule has 1 rings (SSSR count). The first-order chi connectivity index (χ1) is 8.95. The number of anilines is 1. The molecule has 1 aromatic carbocycles. The number of carbonyl (C=O) groups excluding carboxylic acids is 2. The van der Waals surface area contributed by atoms with Crippen LogP contribution in [0.25, 0.3) is 0 Å². The Morgan fingerprint density at radius 3 is 2.53 bits per heavy atom. The topological polar surface area (TPSA) is 101 Å². The van der Waals surface area contributed by atoms with E-state index in [1.807, 2.05) is 18.2 Å². The molecule has 1 atom stereocenters. The Morgan fingerprint density at radius 1 is 1.37 bits per heavy atom. The minimum atomic E-state index is -0.481. The van der Waals surface area contributed by atoms with E-state index < -0.39 is 11.9 Å². The first-order valence-electron chi connectivity index (χ1n) is 6.03. The van der Waals surface area contributed by atoms with Crippen LogP contribution in [-0.4, -0.2) is 36.3 Å². The molecule has 0 aromatic heterocycles. The van der Waals surface area contributed by atoms with Gasteiger partial charge >= 0.3 is 0 Å². The Labute approximate surface area is 112 Å². The number of nitrogens with two attached hydrogens (primary N) is 2. The predicted molar refractivity (Wildman–Crippen MR) is 74.0 cm³/mol. The van der Waals surface area contributed by atoms with Crippen LogP contribution in [0.4, 0.5) is 5.69 Å². The van der Waals surface area contributed by atoms with E-state index in [0.717, 1.165) is 5.56 Å². The summed E-state index contributed by atoms with van der Waals surface area (Å²) in [6.45, 7) is 2.12. The molecule has 6 nitrogen and oxygen atoms in total. The van der Waals surface area contributed by atoms with Gasteiger partial charge in [-0.15, -0.1) is 0 Å². The van der Waals surface area contributed by atoms with Gasteiger partial charge in [0.05, 0.1) is 12.6 Å².